The van der Waals surface area contributed by atoms with Crippen LogP contribution in [0.15, 0.2) is 0 Å². The topological polar surface area (TPSA) is 26.0 Å². The van der Waals surface area contributed by atoms with Crippen molar-refractivity contribution in [1.29, 1.82) is 0 Å². The molecule has 0 aliphatic carbocycles. The second-order valence-corrected chi connectivity index (χ2v) is 3.93. The lowest BCUT2D eigenvalue weighted by molar-refractivity contribution is 0.566. The fourth-order valence-electron chi connectivity index (χ4n) is 1.38. The molecule has 78 valence electrons. The Hall–Kier alpha value is -0.830. The number of rotatable bonds is 1. The fourth-order valence-corrected chi connectivity index (χ4v) is 1.84. The molecule has 1 aromatic carbocycles. The number of anilines is 1. The molecular formula is C10H12ClF2N. The monoisotopic (exact) mass is 219 g/mol. The summed E-state index contributed by atoms with van der Waals surface area (Å²) in [7, 11) is 0. The predicted octanol–water partition coefficient (Wildman–Crippen LogP) is 3.63. The largest absolute Gasteiger partial charge is 0.396 e. The zero-order valence-corrected chi connectivity index (χ0v) is 9.04. The van der Waals surface area contributed by atoms with Gasteiger partial charge in [-0.05, 0) is 12.8 Å². The number of hydrogen-bond acceptors (Lipinski definition) is 1. The zero-order chi connectivity index (χ0) is 11.0. The molecule has 0 heterocycles. The van der Waals surface area contributed by atoms with Crippen molar-refractivity contribution in [2.24, 2.45) is 0 Å². The third-order valence-corrected chi connectivity index (χ3v) is 2.56. The van der Waals surface area contributed by atoms with Gasteiger partial charge in [-0.1, -0.05) is 25.4 Å². The Morgan fingerprint density at radius 1 is 1.21 bits per heavy atom. The first-order chi connectivity index (χ1) is 6.37. The Morgan fingerprint density at radius 3 is 2.14 bits per heavy atom. The maximum atomic E-state index is 13.4. The Morgan fingerprint density at radius 2 is 1.71 bits per heavy atom. The van der Waals surface area contributed by atoms with E-state index in [2.05, 4.69) is 0 Å². The number of halogens is 3. The molecule has 1 nitrogen and oxygen atoms in total. The Balaban J connectivity index is 3.60. The second-order valence-electron chi connectivity index (χ2n) is 3.55. The van der Waals surface area contributed by atoms with Crippen LogP contribution in [0.4, 0.5) is 14.5 Å². The maximum Gasteiger partial charge on any atom is 0.152 e. The highest BCUT2D eigenvalue weighted by molar-refractivity contribution is 6.32. The third-order valence-electron chi connectivity index (χ3n) is 2.19. The third kappa shape index (κ3) is 1.57. The highest BCUT2D eigenvalue weighted by atomic mass is 35.5. The Labute approximate surface area is 86.9 Å². The normalized spacial score (nSPS) is 11.1. The summed E-state index contributed by atoms with van der Waals surface area (Å²) < 4.78 is 26.7. The molecule has 14 heavy (non-hydrogen) atoms. The first kappa shape index (κ1) is 11.2. The Bertz CT molecular complexity index is 346. The SMILES string of the molecule is Cc1c(F)c(N)c(C(C)C)c(Cl)c1F. The summed E-state index contributed by atoms with van der Waals surface area (Å²) in [5, 5.41) is -0.0728. The van der Waals surface area contributed by atoms with Crippen LogP contribution in [0.5, 0.6) is 0 Å². The van der Waals surface area contributed by atoms with Crippen LogP contribution < -0.4 is 5.73 Å². The number of hydrogen-bond donors (Lipinski definition) is 1. The Kier molecular flexibility index (Phi) is 3.00. The molecule has 0 amide bonds. The van der Waals surface area contributed by atoms with E-state index in [1.165, 1.54) is 6.92 Å². The molecule has 0 saturated heterocycles. The van der Waals surface area contributed by atoms with Crippen LogP contribution in [-0.4, -0.2) is 0 Å². The van der Waals surface area contributed by atoms with Crippen molar-refractivity contribution in [3.8, 4) is 0 Å². The highest BCUT2D eigenvalue weighted by Gasteiger charge is 2.20. The standard InChI is InChI=1S/C10H12ClF2N/c1-4(2)6-7(11)8(12)5(3)9(13)10(6)14/h4H,14H2,1-3H3. The lowest BCUT2D eigenvalue weighted by Gasteiger charge is -2.15. The molecule has 0 atom stereocenters. The average Bonchev–Trinajstić information content (AvgIpc) is 2.11. The van der Waals surface area contributed by atoms with E-state index in [0.29, 0.717) is 5.56 Å². The summed E-state index contributed by atoms with van der Waals surface area (Å²) in [4.78, 5) is 0. The summed E-state index contributed by atoms with van der Waals surface area (Å²) in [6.07, 6.45) is 0. The molecule has 0 aliphatic rings. The van der Waals surface area contributed by atoms with E-state index in [9.17, 15) is 8.78 Å². The fraction of sp³-hybridized carbons (Fsp3) is 0.400. The van der Waals surface area contributed by atoms with E-state index < -0.39 is 11.6 Å². The van der Waals surface area contributed by atoms with Gasteiger partial charge in [-0.3, -0.25) is 0 Å². The van der Waals surface area contributed by atoms with Gasteiger partial charge in [0.1, 0.15) is 5.82 Å². The summed E-state index contributed by atoms with van der Waals surface area (Å²) in [5.41, 5.74) is 5.69. The van der Waals surface area contributed by atoms with Gasteiger partial charge in [0, 0.05) is 11.1 Å². The van der Waals surface area contributed by atoms with Gasteiger partial charge < -0.3 is 5.73 Å². The van der Waals surface area contributed by atoms with Gasteiger partial charge in [0.05, 0.1) is 10.7 Å². The van der Waals surface area contributed by atoms with Gasteiger partial charge in [-0.2, -0.15) is 0 Å². The van der Waals surface area contributed by atoms with Gasteiger partial charge in [-0.15, -0.1) is 0 Å². The summed E-state index contributed by atoms with van der Waals surface area (Å²) in [6.45, 7) is 4.88. The molecule has 2 N–H and O–H groups in total. The molecule has 0 aliphatic heterocycles. The minimum atomic E-state index is -0.720. The minimum Gasteiger partial charge on any atom is -0.396 e. The van der Waals surface area contributed by atoms with Crippen LogP contribution in [0, 0.1) is 18.6 Å². The van der Waals surface area contributed by atoms with Crippen LogP contribution in [0.1, 0.15) is 30.9 Å². The van der Waals surface area contributed by atoms with Crippen LogP contribution in [0.3, 0.4) is 0 Å². The van der Waals surface area contributed by atoms with E-state index in [1.807, 2.05) is 0 Å². The van der Waals surface area contributed by atoms with Crippen molar-refractivity contribution in [2.45, 2.75) is 26.7 Å². The average molecular weight is 220 g/mol. The number of benzene rings is 1. The molecular weight excluding hydrogens is 208 g/mol. The van der Waals surface area contributed by atoms with Crippen molar-refractivity contribution < 1.29 is 8.78 Å². The van der Waals surface area contributed by atoms with Crippen molar-refractivity contribution in [2.75, 3.05) is 5.73 Å². The molecule has 1 aromatic rings. The molecule has 0 saturated carbocycles. The molecule has 0 aromatic heterocycles. The van der Waals surface area contributed by atoms with Crippen molar-refractivity contribution >= 4 is 17.3 Å². The van der Waals surface area contributed by atoms with Gasteiger partial charge in [0.2, 0.25) is 0 Å². The molecule has 0 spiro atoms. The highest BCUT2D eigenvalue weighted by Crippen LogP contribution is 2.35. The van der Waals surface area contributed by atoms with Crippen LogP contribution >= 0.6 is 11.6 Å². The number of nitrogens with two attached hydrogens (primary N) is 1. The maximum absolute atomic E-state index is 13.4. The smallest absolute Gasteiger partial charge is 0.152 e. The quantitative estimate of drug-likeness (QED) is 0.567. The van der Waals surface area contributed by atoms with E-state index in [0.717, 1.165) is 0 Å². The van der Waals surface area contributed by atoms with E-state index >= 15 is 0 Å². The van der Waals surface area contributed by atoms with Gasteiger partial charge in [-0.25, -0.2) is 8.78 Å². The van der Waals surface area contributed by atoms with Crippen LogP contribution in [0.2, 0.25) is 5.02 Å². The molecule has 1 rings (SSSR count). The van der Waals surface area contributed by atoms with E-state index in [4.69, 9.17) is 17.3 Å². The van der Waals surface area contributed by atoms with E-state index in [-0.39, 0.29) is 22.2 Å². The van der Waals surface area contributed by atoms with Gasteiger partial charge in [0.25, 0.3) is 0 Å². The van der Waals surface area contributed by atoms with Gasteiger partial charge >= 0.3 is 0 Å². The molecule has 4 heteroatoms. The number of nitrogen functional groups attached to an aromatic ring is 1. The van der Waals surface area contributed by atoms with Gasteiger partial charge in [0.15, 0.2) is 5.82 Å². The zero-order valence-electron chi connectivity index (χ0n) is 8.29. The second kappa shape index (κ2) is 3.73. The summed E-state index contributed by atoms with van der Waals surface area (Å²) >= 11 is 5.75. The molecule has 0 fully saturated rings. The van der Waals surface area contributed by atoms with Crippen LogP contribution in [0.25, 0.3) is 0 Å². The van der Waals surface area contributed by atoms with Crippen molar-refractivity contribution in [1.82, 2.24) is 0 Å². The van der Waals surface area contributed by atoms with Crippen molar-refractivity contribution in [3.05, 3.63) is 27.8 Å². The van der Waals surface area contributed by atoms with Crippen molar-refractivity contribution in [3.63, 3.8) is 0 Å². The van der Waals surface area contributed by atoms with E-state index in [1.54, 1.807) is 13.8 Å². The molecule has 0 radical (unpaired) electrons. The van der Waals surface area contributed by atoms with Crippen LogP contribution in [-0.2, 0) is 0 Å². The molecule has 0 unspecified atom stereocenters. The summed E-state index contributed by atoms with van der Waals surface area (Å²) in [6, 6.07) is 0. The molecule has 0 bridgehead atoms. The first-order valence-corrected chi connectivity index (χ1v) is 4.68. The lowest BCUT2D eigenvalue weighted by Crippen LogP contribution is -2.05. The first-order valence-electron chi connectivity index (χ1n) is 4.30. The lowest BCUT2D eigenvalue weighted by atomic mass is 9.98. The predicted molar refractivity (Wildman–Crippen MR) is 54.6 cm³/mol. The summed E-state index contributed by atoms with van der Waals surface area (Å²) in [5.74, 6) is -1.54. The minimum absolute atomic E-state index is 0.0519.